The van der Waals surface area contributed by atoms with E-state index in [1.54, 1.807) is 37.3 Å². The van der Waals surface area contributed by atoms with Crippen molar-refractivity contribution in [2.45, 2.75) is 44.3 Å². The summed E-state index contributed by atoms with van der Waals surface area (Å²) in [5.41, 5.74) is 8.31. The molecule has 3 heterocycles. The quantitative estimate of drug-likeness (QED) is 0.0425. The van der Waals surface area contributed by atoms with Gasteiger partial charge in [-0.2, -0.15) is 0 Å². The van der Waals surface area contributed by atoms with Crippen LogP contribution in [0.1, 0.15) is 49.9 Å². The van der Waals surface area contributed by atoms with E-state index in [9.17, 15) is 19.5 Å². The first-order valence-corrected chi connectivity index (χ1v) is 24.7. The summed E-state index contributed by atoms with van der Waals surface area (Å²) < 4.78 is 41.5. The number of ether oxygens (including phenoxy) is 7. The summed E-state index contributed by atoms with van der Waals surface area (Å²) >= 11 is 1.36. The molecule has 17 heteroatoms. The topological polar surface area (TPSA) is 170 Å². The van der Waals surface area contributed by atoms with Gasteiger partial charge in [0.1, 0.15) is 13.2 Å². The summed E-state index contributed by atoms with van der Waals surface area (Å²) in [6.45, 7) is 10.2. The third-order valence-corrected chi connectivity index (χ3v) is 13.8. The molecule has 8 rings (SSSR count). The van der Waals surface area contributed by atoms with Gasteiger partial charge in [0.15, 0.2) is 23.0 Å². The summed E-state index contributed by atoms with van der Waals surface area (Å²) in [5.74, 6) is 0.355. The Labute approximate surface area is 418 Å². The molecule has 0 spiro atoms. The van der Waals surface area contributed by atoms with Crippen molar-refractivity contribution in [2.24, 2.45) is 4.99 Å². The van der Waals surface area contributed by atoms with Gasteiger partial charge in [-0.25, -0.2) is 0 Å². The Balaban J connectivity index is 1.07. The van der Waals surface area contributed by atoms with E-state index in [0.717, 1.165) is 52.2 Å². The molecule has 0 aliphatic carbocycles. The first-order chi connectivity index (χ1) is 34.6. The van der Waals surface area contributed by atoms with Crippen LogP contribution < -0.4 is 39.0 Å². The third-order valence-electron chi connectivity index (χ3n) is 12.6. The van der Waals surface area contributed by atoms with E-state index in [1.165, 1.54) is 18.9 Å². The molecule has 0 saturated heterocycles. The van der Waals surface area contributed by atoms with Crippen LogP contribution in [0.3, 0.4) is 0 Å². The molecular formula is C54H61N5O11S. The van der Waals surface area contributed by atoms with E-state index in [4.69, 9.17) is 33.2 Å². The number of nitrogens with one attached hydrogen (secondary N) is 1. The van der Waals surface area contributed by atoms with Gasteiger partial charge in [-0.3, -0.25) is 19.4 Å². The number of aliphatic carboxylic acids is 1. The van der Waals surface area contributed by atoms with Gasteiger partial charge in [-0.1, -0.05) is 43.3 Å². The van der Waals surface area contributed by atoms with Crippen LogP contribution in [0.2, 0.25) is 0 Å². The van der Waals surface area contributed by atoms with Gasteiger partial charge >= 0.3 is 5.97 Å². The number of amides is 2. The number of para-hydroxylation sites is 2. The fraction of sp³-hybridized carbons (Fsp3) is 0.370. The highest BCUT2D eigenvalue weighted by atomic mass is 32.2. The van der Waals surface area contributed by atoms with Crippen molar-refractivity contribution in [2.75, 3.05) is 106 Å². The van der Waals surface area contributed by atoms with Crippen LogP contribution in [0, 0.1) is 0 Å². The number of hydrogen-bond acceptors (Lipinski definition) is 14. The van der Waals surface area contributed by atoms with Crippen molar-refractivity contribution < 1.29 is 52.6 Å². The lowest BCUT2D eigenvalue weighted by Crippen LogP contribution is -2.39. The maximum absolute atomic E-state index is 14.2. The molecule has 5 aromatic carbocycles. The molecule has 2 atom stereocenters. The number of carboxylic acid groups (broad SMARTS) is 1. The van der Waals surface area contributed by atoms with Crippen LogP contribution in [-0.2, 0) is 45.1 Å². The zero-order valence-corrected chi connectivity index (χ0v) is 41.5. The molecule has 3 aliphatic rings. The van der Waals surface area contributed by atoms with Gasteiger partial charge < -0.3 is 58.3 Å². The lowest BCUT2D eigenvalue weighted by atomic mass is 10.1. The van der Waals surface area contributed by atoms with Gasteiger partial charge in [0.25, 0.3) is 11.8 Å². The number of fused-ring (bicyclic) bond motifs is 5. The molecule has 5 aromatic rings. The Bertz CT molecular complexity index is 2720. The molecule has 374 valence electrons. The number of anilines is 4. The molecular weight excluding hydrogens is 927 g/mol. The standard InChI is InChI=1S/C54H61N5O11S/c1-35(71-34-52(60)61)31-57(16-17-67-20-21-68-19-18-64-3)40-23-36(32-69-50-28-44(55-2)42(26-48(50)65-4)53(62)58-15-14-38-10-6-8-12-46(38)58)22-37(24-40)33-70-51-29-45-43(27-49(51)66-5)54(63)59-41(30-56-45)25-39-11-7-9-13-47(39)59/h6-13,22-24,26-29,35,41,56H,2,14-21,25,30-34H2,1,3-5H3,(H,60,61)/t35-,41-/m0/s1. The molecule has 2 amide bonds. The maximum Gasteiger partial charge on any atom is 0.313 e. The fourth-order valence-corrected chi connectivity index (χ4v) is 9.90. The third kappa shape index (κ3) is 12.0. The van der Waals surface area contributed by atoms with Crippen molar-refractivity contribution in [3.63, 3.8) is 0 Å². The highest BCUT2D eigenvalue weighted by Gasteiger charge is 2.38. The Kier molecular flexibility index (Phi) is 17.0. The first-order valence-electron chi connectivity index (χ1n) is 23.7. The first kappa shape index (κ1) is 50.6. The van der Waals surface area contributed by atoms with E-state index < -0.39 is 5.97 Å². The molecule has 0 bridgehead atoms. The molecule has 16 nitrogen and oxygen atoms in total. The van der Waals surface area contributed by atoms with E-state index in [2.05, 4.69) is 28.0 Å². The summed E-state index contributed by atoms with van der Waals surface area (Å²) in [6, 6.07) is 28.8. The number of carbonyl (C=O) groups excluding carboxylic acids is 2. The molecule has 0 radical (unpaired) electrons. The van der Waals surface area contributed by atoms with Crippen LogP contribution in [-0.4, -0.2) is 127 Å². The van der Waals surface area contributed by atoms with Gasteiger partial charge in [0.2, 0.25) is 0 Å². The van der Waals surface area contributed by atoms with Gasteiger partial charge in [0, 0.05) is 67.7 Å². The summed E-state index contributed by atoms with van der Waals surface area (Å²) in [5, 5.41) is 13.0. The van der Waals surface area contributed by atoms with Crippen LogP contribution in [0.5, 0.6) is 23.0 Å². The minimum atomic E-state index is -0.883. The second kappa shape index (κ2) is 23.9. The average Bonchev–Trinajstić information content (AvgIpc) is 3.96. The second-order valence-electron chi connectivity index (χ2n) is 17.4. The van der Waals surface area contributed by atoms with E-state index in [-0.39, 0.29) is 42.1 Å². The minimum Gasteiger partial charge on any atom is -0.493 e. The van der Waals surface area contributed by atoms with Crippen LogP contribution in [0.4, 0.5) is 28.4 Å². The number of hydrogen-bond donors (Lipinski definition) is 2. The van der Waals surface area contributed by atoms with Gasteiger partial charge in [0.05, 0.1) is 81.6 Å². The van der Waals surface area contributed by atoms with Crippen LogP contribution in [0.25, 0.3) is 0 Å². The number of aliphatic imine (C=N–C) groups is 1. The lowest BCUT2D eigenvalue weighted by molar-refractivity contribution is -0.133. The molecule has 71 heavy (non-hydrogen) atoms. The van der Waals surface area contributed by atoms with E-state index >= 15 is 0 Å². The number of rotatable bonds is 25. The van der Waals surface area contributed by atoms with Gasteiger partial charge in [-0.05, 0) is 84.3 Å². The Morgan fingerprint density at radius 3 is 2.20 bits per heavy atom. The predicted octanol–water partition coefficient (Wildman–Crippen LogP) is 8.09. The number of thioether (sulfide) groups is 1. The zero-order chi connectivity index (χ0) is 49.9. The van der Waals surface area contributed by atoms with Crippen molar-refractivity contribution in [3.8, 4) is 23.0 Å². The smallest absolute Gasteiger partial charge is 0.313 e. The zero-order valence-electron chi connectivity index (χ0n) is 40.6. The highest BCUT2D eigenvalue weighted by molar-refractivity contribution is 8.00. The molecule has 0 fully saturated rings. The SMILES string of the molecule is C=Nc1cc(OCc2cc(COc3cc4c(cc3OC)C(=O)N3c5ccccc5C[C@H]3CN4)cc(N(CCOCCOCCOC)C[C@H](C)SCC(=O)O)c2)c(OC)cc1C(=O)N1CCc2ccccc21. The van der Waals surface area contributed by atoms with Crippen LogP contribution in [0.15, 0.2) is 96.0 Å². The Hall–Kier alpha value is -6.79. The number of nitrogens with zero attached hydrogens (tertiary/aromatic N) is 4. The lowest BCUT2D eigenvalue weighted by Gasteiger charge is -2.29. The maximum atomic E-state index is 14.2. The van der Waals surface area contributed by atoms with E-state index in [1.807, 2.05) is 78.6 Å². The molecule has 0 unspecified atom stereocenters. The summed E-state index contributed by atoms with van der Waals surface area (Å²) in [6.07, 6.45) is 1.51. The summed E-state index contributed by atoms with van der Waals surface area (Å²) in [4.78, 5) is 49.8. The summed E-state index contributed by atoms with van der Waals surface area (Å²) in [7, 11) is 4.70. The fourth-order valence-electron chi connectivity index (χ4n) is 9.19. The monoisotopic (exact) mass is 987 g/mol. The van der Waals surface area contributed by atoms with Crippen molar-refractivity contribution in [1.29, 1.82) is 0 Å². The van der Waals surface area contributed by atoms with Crippen molar-refractivity contribution in [1.82, 2.24) is 0 Å². The number of benzene rings is 5. The second-order valence-corrected chi connectivity index (χ2v) is 18.8. The Morgan fingerprint density at radius 1 is 0.831 bits per heavy atom. The molecule has 3 aliphatic heterocycles. The van der Waals surface area contributed by atoms with Crippen LogP contribution >= 0.6 is 11.8 Å². The number of methoxy groups -OCH3 is 3. The highest BCUT2D eigenvalue weighted by Crippen LogP contribution is 2.42. The van der Waals surface area contributed by atoms with Gasteiger partial charge in [-0.15, -0.1) is 11.8 Å². The molecule has 0 aromatic heterocycles. The number of carboxylic acids is 1. The van der Waals surface area contributed by atoms with Crippen molar-refractivity contribution in [3.05, 3.63) is 124 Å². The van der Waals surface area contributed by atoms with E-state index in [0.29, 0.717) is 105 Å². The normalized spacial score (nSPS) is 14.9. The average molecular weight is 988 g/mol. The van der Waals surface area contributed by atoms with Crippen molar-refractivity contribution >= 4 is 64.7 Å². The Morgan fingerprint density at radius 2 is 1.49 bits per heavy atom. The largest absolute Gasteiger partial charge is 0.493 e. The minimum absolute atomic E-state index is 0.0352. The molecule has 2 N–H and O–H groups in total. The predicted molar refractivity (Wildman–Crippen MR) is 277 cm³/mol. The number of carbonyl (C=O) groups is 3. The molecule has 0 saturated carbocycles.